The molecule has 0 spiro atoms. The van der Waals surface area contributed by atoms with E-state index in [1.807, 2.05) is 41.8 Å². The molecule has 4 heterocycles. The Morgan fingerprint density at radius 3 is 2.59 bits per heavy atom. The van der Waals surface area contributed by atoms with Gasteiger partial charge >= 0.3 is 0 Å². The Labute approximate surface area is 189 Å². The van der Waals surface area contributed by atoms with Crippen molar-refractivity contribution in [1.82, 2.24) is 19.7 Å². The Morgan fingerprint density at radius 1 is 1.09 bits per heavy atom. The summed E-state index contributed by atoms with van der Waals surface area (Å²) in [4.78, 5) is 31.0. The molecule has 0 bridgehead atoms. The summed E-state index contributed by atoms with van der Waals surface area (Å²) < 4.78 is 1.54. The maximum absolute atomic E-state index is 12.8. The number of anilines is 2. The van der Waals surface area contributed by atoms with E-state index in [2.05, 4.69) is 32.4 Å². The van der Waals surface area contributed by atoms with Crippen molar-refractivity contribution in [3.8, 4) is 0 Å². The molecule has 9 heteroatoms. The molecule has 1 aromatic carbocycles. The monoisotopic (exact) mass is 448 g/mol. The van der Waals surface area contributed by atoms with Crippen LogP contribution in [-0.4, -0.2) is 64.7 Å². The lowest BCUT2D eigenvalue weighted by atomic mass is 10.1. The summed E-state index contributed by atoms with van der Waals surface area (Å²) in [6.45, 7) is 4.03. The van der Waals surface area contributed by atoms with Crippen LogP contribution in [0.1, 0.15) is 20.0 Å². The zero-order valence-electron chi connectivity index (χ0n) is 17.7. The summed E-state index contributed by atoms with van der Waals surface area (Å²) in [5, 5.41) is 12.6. The molecule has 1 aliphatic rings. The molecule has 1 amide bonds. The summed E-state index contributed by atoms with van der Waals surface area (Å²) in [5.74, 6) is 0.144. The third-order valence-electron chi connectivity index (χ3n) is 5.79. The predicted octanol–water partition coefficient (Wildman–Crippen LogP) is 3.31. The summed E-state index contributed by atoms with van der Waals surface area (Å²) >= 11 is 1.56. The van der Waals surface area contributed by atoms with E-state index >= 15 is 0 Å². The first-order valence-corrected chi connectivity index (χ1v) is 11.4. The minimum atomic E-state index is -0.235. The quantitative estimate of drug-likeness (QED) is 0.489. The van der Waals surface area contributed by atoms with Gasteiger partial charge < -0.3 is 15.1 Å². The van der Waals surface area contributed by atoms with E-state index in [9.17, 15) is 9.59 Å². The fraction of sp³-hybridized carbons (Fsp3) is 0.261. The number of carbonyl (C=O) groups is 2. The minimum absolute atomic E-state index is 0.0335. The van der Waals surface area contributed by atoms with Crippen molar-refractivity contribution < 1.29 is 9.59 Å². The molecule has 8 nitrogen and oxygen atoms in total. The van der Waals surface area contributed by atoms with Crippen LogP contribution < -0.4 is 10.2 Å². The second-order valence-electron chi connectivity index (χ2n) is 8.01. The third-order valence-corrected chi connectivity index (χ3v) is 6.67. The molecule has 0 unspecified atom stereocenters. The highest BCUT2D eigenvalue weighted by atomic mass is 32.1. The van der Waals surface area contributed by atoms with Crippen LogP contribution in [0.2, 0.25) is 0 Å². The van der Waals surface area contributed by atoms with Crippen molar-refractivity contribution >= 4 is 45.6 Å². The Kier molecular flexibility index (Phi) is 5.50. The van der Waals surface area contributed by atoms with Crippen LogP contribution in [0.3, 0.4) is 0 Å². The Balaban J connectivity index is 1.27. The molecule has 4 aromatic rings. The van der Waals surface area contributed by atoms with E-state index in [1.54, 1.807) is 28.3 Å². The Morgan fingerprint density at radius 2 is 1.88 bits per heavy atom. The standard InChI is InChI=1S/C23H24N6O2S/c1-27-8-10-28(11-9-27)17-6-4-16(5-7-17)23(31)24-22-19-14-29(15-20(19)25-26-22)21(30)13-18-3-2-12-32-18/h2-7,12,14-15,25H,8-11,13H2,1H3,(H,24,26,31). The van der Waals surface area contributed by atoms with Gasteiger partial charge in [-0.25, -0.2) is 0 Å². The number of amides is 1. The molecule has 2 N–H and O–H groups in total. The van der Waals surface area contributed by atoms with Gasteiger partial charge in [0.1, 0.15) is 0 Å². The number of fused-ring (bicyclic) bond motifs is 1. The summed E-state index contributed by atoms with van der Waals surface area (Å²) in [5.41, 5.74) is 2.38. The lowest BCUT2D eigenvalue weighted by Gasteiger charge is -2.34. The maximum atomic E-state index is 12.8. The number of hydrogen-bond donors (Lipinski definition) is 2. The van der Waals surface area contributed by atoms with Crippen LogP contribution in [-0.2, 0) is 6.42 Å². The van der Waals surface area contributed by atoms with Gasteiger partial charge in [0, 0.05) is 54.7 Å². The molecule has 1 fully saturated rings. The maximum Gasteiger partial charge on any atom is 0.256 e. The van der Waals surface area contributed by atoms with Gasteiger partial charge in [-0.2, -0.15) is 5.10 Å². The highest BCUT2D eigenvalue weighted by Crippen LogP contribution is 2.23. The van der Waals surface area contributed by atoms with Crippen LogP contribution in [0.25, 0.3) is 10.9 Å². The number of likely N-dealkylation sites (N-methyl/N-ethyl adjacent to an activating group) is 1. The Bertz CT molecular complexity index is 1230. The van der Waals surface area contributed by atoms with Gasteiger partial charge in [-0.3, -0.25) is 19.3 Å². The molecular formula is C23H24N6O2S. The number of hydrogen-bond acceptors (Lipinski definition) is 6. The van der Waals surface area contributed by atoms with Gasteiger partial charge in [0.15, 0.2) is 5.82 Å². The molecule has 3 aromatic heterocycles. The normalized spacial score (nSPS) is 14.7. The van der Waals surface area contributed by atoms with Gasteiger partial charge in [-0.1, -0.05) is 6.07 Å². The number of thiophene rings is 1. The summed E-state index contributed by atoms with van der Waals surface area (Å²) in [7, 11) is 2.13. The number of benzene rings is 1. The number of nitrogens with one attached hydrogen (secondary N) is 2. The van der Waals surface area contributed by atoms with Crippen LogP contribution in [0.5, 0.6) is 0 Å². The number of nitrogens with zero attached hydrogens (tertiary/aromatic N) is 4. The van der Waals surface area contributed by atoms with Crippen LogP contribution in [0.4, 0.5) is 11.5 Å². The smallest absolute Gasteiger partial charge is 0.256 e. The second kappa shape index (κ2) is 8.60. The van der Waals surface area contributed by atoms with Crippen molar-refractivity contribution in [3.63, 3.8) is 0 Å². The van der Waals surface area contributed by atoms with Gasteiger partial charge in [-0.15, -0.1) is 11.3 Å². The van der Waals surface area contributed by atoms with Crippen molar-refractivity contribution in [1.29, 1.82) is 0 Å². The SMILES string of the molecule is CN1CCN(c2ccc(C(=O)Nc3n[nH]c4cn(C(=O)Cc5cccs5)cc34)cc2)CC1. The molecule has 5 rings (SSSR count). The first kappa shape index (κ1) is 20.5. The van der Waals surface area contributed by atoms with E-state index in [4.69, 9.17) is 0 Å². The number of aromatic amines is 1. The number of rotatable bonds is 5. The van der Waals surface area contributed by atoms with Gasteiger partial charge in [-0.05, 0) is 42.8 Å². The second-order valence-corrected chi connectivity index (χ2v) is 9.04. The van der Waals surface area contributed by atoms with Crippen LogP contribution in [0, 0.1) is 0 Å². The first-order chi connectivity index (χ1) is 15.6. The molecular weight excluding hydrogens is 424 g/mol. The zero-order valence-corrected chi connectivity index (χ0v) is 18.6. The molecule has 1 saturated heterocycles. The van der Waals surface area contributed by atoms with Crippen LogP contribution in [0.15, 0.2) is 54.2 Å². The lowest BCUT2D eigenvalue weighted by molar-refractivity contribution is 0.0915. The van der Waals surface area contributed by atoms with E-state index in [-0.39, 0.29) is 11.8 Å². The first-order valence-electron chi connectivity index (χ1n) is 10.5. The highest BCUT2D eigenvalue weighted by molar-refractivity contribution is 7.10. The van der Waals surface area contributed by atoms with Gasteiger partial charge in [0.2, 0.25) is 5.91 Å². The molecule has 32 heavy (non-hydrogen) atoms. The predicted molar refractivity (Wildman–Crippen MR) is 127 cm³/mol. The van der Waals surface area contributed by atoms with Crippen molar-refractivity contribution in [2.75, 3.05) is 43.4 Å². The van der Waals surface area contributed by atoms with Crippen molar-refractivity contribution in [2.45, 2.75) is 6.42 Å². The molecule has 1 aliphatic heterocycles. The Hall–Kier alpha value is -3.43. The molecule has 0 aliphatic carbocycles. The third kappa shape index (κ3) is 4.17. The van der Waals surface area contributed by atoms with E-state index in [0.717, 1.165) is 36.7 Å². The number of H-pyrrole nitrogens is 1. The lowest BCUT2D eigenvalue weighted by Crippen LogP contribution is -2.44. The van der Waals surface area contributed by atoms with Gasteiger partial charge in [0.25, 0.3) is 5.91 Å². The van der Waals surface area contributed by atoms with E-state index < -0.39 is 0 Å². The fourth-order valence-electron chi connectivity index (χ4n) is 3.87. The van der Waals surface area contributed by atoms with Crippen LogP contribution >= 0.6 is 11.3 Å². The largest absolute Gasteiger partial charge is 0.369 e. The molecule has 0 radical (unpaired) electrons. The molecule has 164 valence electrons. The minimum Gasteiger partial charge on any atom is -0.369 e. The highest BCUT2D eigenvalue weighted by Gasteiger charge is 2.17. The van der Waals surface area contributed by atoms with Crippen molar-refractivity contribution in [3.05, 3.63) is 64.6 Å². The number of aromatic nitrogens is 3. The number of carbonyl (C=O) groups excluding carboxylic acids is 2. The fourth-order valence-corrected chi connectivity index (χ4v) is 4.57. The molecule has 0 saturated carbocycles. The summed E-state index contributed by atoms with van der Waals surface area (Å²) in [6, 6.07) is 11.5. The van der Waals surface area contributed by atoms with Crippen molar-refractivity contribution in [2.24, 2.45) is 0 Å². The number of piperazine rings is 1. The summed E-state index contributed by atoms with van der Waals surface area (Å²) in [6.07, 6.45) is 3.75. The van der Waals surface area contributed by atoms with Gasteiger partial charge in [0.05, 0.1) is 17.3 Å². The topological polar surface area (TPSA) is 86.3 Å². The van der Waals surface area contributed by atoms with E-state index in [0.29, 0.717) is 28.7 Å². The average Bonchev–Trinajstić information content (AvgIpc) is 3.53. The zero-order chi connectivity index (χ0) is 22.1. The average molecular weight is 449 g/mol. The van der Waals surface area contributed by atoms with E-state index in [1.165, 1.54) is 0 Å². The molecule has 0 atom stereocenters.